The van der Waals surface area contributed by atoms with E-state index in [4.69, 9.17) is 35.6 Å². The molecule has 2 amide bonds. The van der Waals surface area contributed by atoms with Gasteiger partial charge in [0, 0.05) is 10.6 Å². The predicted molar refractivity (Wildman–Crippen MR) is 135 cm³/mol. The number of fused-ring (bicyclic) bond motifs is 1. The van der Waals surface area contributed by atoms with Gasteiger partial charge in [-0.3, -0.25) is 19.7 Å². The van der Waals surface area contributed by atoms with Crippen LogP contribution in [0.4, 0.5) is 5.88 Å². The second kappa shape index (κ2) is 10.6. The van der Waals surface area contributed by atoms with Crippen molar-refractivity contribution in [1.29, 1.82) is 0 Å². The molecular weight excluding hydrogens is 504 g/mol. The maximum Gasteiger partial charge on any atom is 0.342 e. The van der Waals surface area contributed by atoms with Crippen molar-refractivity contribution in [2.45, 2.75) is 13.8 Å². The fourth-order valence-corrected chi connectivity index (χ4v) is 3.79. The van der Waals surface area contributed by atoms with E-state index in [9.17, 15) is 19.2 Å². The van der Waals surface area contributed by atoms with Crippen LogP contribution >= 0.6 is 11.6 Å². The monoisotopic (exact) mass is 524 g/mol. The number of amides is 2. The highest BCUT2D eigenvalue weighted by Crippen LogP contribution is 2.32. The van der Waals surface area contributed by atoms with E-state index in [1.165, 1.54) is 6.92 Å². The van der Waals surface area contributed by atoms with Crippen molar-refractivity contribution in [2.24, 2.45) is 5.73 Å². The molecular formula is C26H21ClN2O8. The number of aryl methyl sites for hydroxylation is 1. The van der Waals surface area contributed by atoms with Crippen molar-refractivity contribution in [3.63, 3.8) is 0 Å². The van der Waals surface area contributed by atoms with E-state index in [1.54, 1.807) is 55.5 Å². The van der Waals surface area contributed by atoms with E-state index in [1.807, 2.05) is 0 Å². The van der Waals surface area contributed by atoms with E-state index >= 15 is 0 Å². The predicted octanol–water partition coefficient (Wildman–Crippen LogP) is 4.31. The van der Waals surface area contributed by atoms with Crippen LogP contribution in [0, 0.1) is 6.92 Å². The van der Waals surface area contributed by atoms with Gasteiger partial charge in [-0.15, -0.1) is 0 Å². The Bertz CT molecular complexity index is 1570. The zero-order valence-electron chi connectivity index (χ0n) is 19.8. The number of hydrogen-bond donors (Lipinski definition) is 2. The second-order valence-corrected chi connectivity index (χ2v) is 8.19. The number of nitrogens with one attached hydrogen (secondary N) is 1. The first-order valence-corrected chi connectivity index (χ1v) is 11.4. The van der Waals surface area contributed by atoms with Gasteiger partial charge in [0.1, 0.15) is 22.5 Å². The van der Waals surface area contributed by atoms with Gasteiger partial charge in [0.2, 0.25) is 17.1 Å². The molecule has 37 heavy (non-hydrogen) atoms. The largest absolute Gasteiger partial charge is 0.476 e. The molecule has 0 fully saturated rings. The Hall–Kier alpha value is -4.57. The van der Waals surface area contributed by atoms with Gasteiger partial charge < -0.3 is 24.0 Å². The van der Waals surface area contributed by atoms with Crippen molar-refractivity contribution in [3.05, 3.63) is 80.7 Å². The zero-order valence-corrected chi connectivity index (χ0v) is 20.5. The van der Waals surface area contributed by atoms with Crippen molar-refractivity contribution in [2.75, 3.05) is 18.5 Å². The number of esters is 1. The maximum absolute atomic E-state index is 13.2. The van der Waals surface area contributed by atoms with Crippen LogP contribution in [0.25, 0.3) is 22.3 Å². The van der Waals surface area contributed by atoms with E-state index in [0.29, 0.717) is 16.2 Å². The van der Waals surface area contributed by atoms with Crippen molar-refractivity contribution >= 4 is 46.2 Å². The summed E-state index contributed by atoms with van der Waals surface area (Å²) < 4.78 is 21.9. The molecule has 0 aliphatic carbocycles. The van der Waals surface area contributed by atoms with Crippen LogP contribution in [-0.4, -0.2) is 31.0 Å². The lowest BCUT2D eigenvalue weighted by Gasteiger charge is -2.12. The van der Waals surface area contributed by atoms with Crippen LogP contribution in [0.3, 0.4) is 0 Å². The molecule has 0 aliphatic rings. The average Bonchev–Trinajstić information content (AvgIpc) is 3.19. The minimum atomic E-state index is -1.00. The molecule has 0 unspecified atom stereocenters. The molecule has 0 saturated carbocycles. The van der Waals surface area contributed by atoms with Crippen molar-refractivity contribution in [3.8, 4) is 17.1 Å². The molecule has 0 saturated heterocycles. The number of nitrogens with two attached hydrogens (primary N) is 1. The SMILES string of the molecule is CCOC(=O)c1c(C)oc(NC(=O)COc2c(-c3ccc(Cl)cc3)oc3ccccc3c2=O)c1C(N)=O. The van der Waals surface area contributed by atoms with Crippen molar-refractivity contribution in [1.82, 2.24) is 0 Å². The highest BCUT2D eigenvalue weighted by molar-refractivity contribution is 6.30. The van der Waals surface area contributed by atoms with Gasteiger partial charge in [0.05, 0.1) is 12.0 Å². The van der Waals surface area contributed by atoms with Gasteiger partial charge in [-0.05, 0) is 50.2 Å². The summed E-state index contributed by atoms with van der Waals surface area (Å²) in [6, 6.07) is 13.1. The first-order chi connectivity index (χ1) is 17.7. The Labute approximate surface area is 214 Å². The summed E-state index contributed by atoms with van der Waals surface area (Å²) >= 11 is 5.98. The third kappa shape index (κ3) is 5.19. The van der Waals surface area contributed by atoms with Gasteiger partial charge in [-0.2, -0.15) is 0 Å². The molecule has 11 heteroatoms. The fraction of sp³-hybridized carbons (Fsp3) is 0.154. The summed E-state index contributed by atoms with van der Waals surface area (Å²) in [5, 5.41) is 3.09. The molecule has 0 spiro atoms. The minimum Gasteiger partial charge on any atom is -0.476 e. The summed E-state index contributed by atoms with van der Waals surface area (Å²) in [6.07, 6.45) is 0. The van der Waals surface area contributed by atoms with Gasteiger partial charge in [0.15, 0.2) is 12.4 Å². The number of furan rings is 1. The van der Waals surface area contributed by atoms with E-state index < -0.39 is 29.8 Å². The second-order valence-electron chi connectivity index (χ2n) is 7.75. The Morgan fingerprint density at radius 2 is 1.73 bits per heavy atom. The quantitative estimate of drug-likeness (QED) is 0.323. The summed E-state index contributed by atoms with van der Waals surface area (Å²) in [6.45, 7) is 2.42. The molecule has 10 nitrogen and oxygen atoms in total. The molecule has 190 valence electrons. The smallest absolute Gasteiger partial charge is 0.342 e. The van der Waals surface area contributed by atoms with E-state index in [-0.39, 0.29) is 46.3 Å². The zero-order chi connectivity index (χ0) is 26.7. The van der Waals surface area contributed by atoms with Crippen LogP contribution in [-0.2, 0) is 9.53 Å². The normalized spacial score (nSPS) is 10.8. The Balaban J connectivity index is 1.65. The number of ether oxygens (including phenoxy) is 2. The van der Waals surface area contributed by atoms with Crippen LogP contribution in [0.2, 0.25) is 5.02 Å². The lowest BCUT2D eigenvalue weighted by Crippen LogP contribution is -2.24. The van der Waals surface area contributed by atoms with Gasteiger partial charge in [-0.1, -0.05) is 23.7 Å². The number of carbonyl (C=O) groups excluding carboxylic acids is 3. The number of para-hydroxylation sites is 1. The first kappa shape index (κ1) is 25.5. The lowest BCUT2D eigenvalue weighted by molar-refractivity contribution is -0.118. The molecule has 2 aromatic heterocycles. The Morgan fingerprint density at radius 1 is 1.03 bits per heavy atom. The number of benzene rings is 2. The number of primary amides is 1. The highest BCUT2D eigenvalue weighted by atomic mass is 35.5. The summed E-state index contributed by atoms with van der Waals surface area (Å²) in [5.74, 6) is -3.03. The van der Waals surface area contributed by atoms with E-state index in [2.05, 4.69) is 5.32 Å². The molecule has 2 aromatic carbocycles. The Kier molecular flexibility index (Phi) is 7.30. The van der Waals surface area contributed by atoms with Crippen LogP contribution < -0.4 is 21.2 Å². The van der Waals surface area contributed by atoms with Crippen molar-refractivity contribution < 1.29 is 32.7 Å². The standard InChI is InChI=1S/C26H21ClN2O8/c1-3-34-26(33)19-13(2)36-25(20(19)24(28)32)29-18(30)12-35-23-21(31)16-6-4-5-7-17(16)37-22(23)14-8-10-15(27)11-9-14/h4-11H,3,12H2,1-2H3,(H2,28,32)(H,29,30). The molecule has 0 bridgehead atoms. The summed E-state index contributed by atoms with van der Waals surface area (Å²) in [4.78, 5) is 50.2. The van der Waals surface area contributed by atoms with Crippen LogP contribution in [0.1, 0.15) is 33.4 Å². The number of rotatable bonds is 8. The van der Waals surface area contributed by atoms with Gasteiger partial charge in [-0.25, -0.2) is 4.79 Å². The summed E-state index contributed by atoms with van der Waals surface area (Å²) in [7, 11) is 0. The lowest BCUT2D eigenvalue weighted by atomic mass is 10.1. The number of carbonyl (C=O) groups is 3. The Morgan fingerprint density at radius 3 is 2.41 bits per heavy atom. The number of hydrogen-bond acceptors (Lipinski definition) is 8. The molecule has 0 radical (unpaired) electrons. The average molecular weight is 525 g/mol. The molecule has 0 atom stereocenters. The minimum absolute atomic E-state index is 0.0312. The number of halogens is 1. The number of anilines is 1. The third-order valence-corrected chi connectivity index (χ3v) is 5.53. The third-order valence-electron chi connectivity index (χ3n) is 5.27. The fourth-order valence-electron chi connectivity index (χ4n) is 3.66. The highest BCUT2D eigenvalue weighted by Gasteiger charge is 2.29. The molecule has 2 heterocycles. The maximum atomic E-state index is 13.2. The summed E-state index contributed by atoms with van der Waals surface area (Å²) in [5.41, 5.74) is 5.23. The van der Waals surface area contributed by atoms with Crippen LogP contribution in [0.5, 0.6) is 5.75 Å². The van der Waals surface area contributed by atoms with Gasteiger partial charge in [0.25, 0.3) is 11.8 Å². The first-order valence-electron chi connectivity index (χ1n) is 11.1. The van der Waals surface area contributed by atoms with Crippen LogP contribution in [0.15, 0.2) is 62.2 Å². The van der Waals surface area contributed by atoms with E-state index in [0.717, 1.165) is 0 Å². The molecule has 0 aliphatic heterocycles. The van der Waals surface area contributed by atoms with Gasteiger partial charge >= 0.3 is 5.97 Å². The topological polar surface area (TPSA) is 151 Å². The molecule has 3 N–H and O–H groups in total. The molecule has 4 rings (SSSR count). The molecule has 4 aromatic rings.